The highest BCUT2D eigenvalue weighted by atomic mass is 16.5. The minimum atomic E-state index is -0.0761. The maximum absolute atomic E-state index is 11.4. The van der Waals surface area contributed by atoms with E-state index in [4.69, 9.17) is 19.4 Å². The monoisotopic (exact) mass is 418 g/mol. The second kappa shape index (κ2) is 8.51. The van der Waals surface area contributed by atoms with Crippen molar-refractivity contribution in [3.05, 3.63) is 69.8 Å². The van der Waals surface area contributed by atoms with Crippen molar-refractivity contribution in [3.63, 3.8) is 0 Å². The lowest BCUT2D eigenvalue weighted by atomic mass is 9.97. The maximum Gasteiger partial charge on any atom is 0.247 e. The highest BCUT2D eigenvalue weighted by Gasteiger charge is 2.30. The second-order valence-corrected chi connectivity index (χ2v) is 8.07. The number of anilines is 1. The van der Waals surface area contributed by atoms with Crippen LogP contribution < -0.4 is 15.2 Å². The Balaban J connectivity index is 1.57. The minimum absolute atomic E-state index is 0.0761. The van der Waals surface area contributed by atoms with Crippen LogP contribution in [0.3, 0.4) is 0 Å². The lowest BCUT2D eigenvalue weighted by Gasteiger charge is -2.28. The molecule has 1 saturated heterocycles. The molecule has 160 valence electrons. The average molecular weight is 418 g/mol. The molecule has 1 fully saturated rings. The van der Waals surface area contributed by atoms with Crippen molar-refractivity contribution in [2.75, 3.05) is 38.3 Å². The van der Waals surface area contributed by atoms with Gasteiger partial charge in [-0.2, -0.15) is 0 Å². The van der Waals surface area contributed by atoms with Gasteiger partial charge in [0.1, 0.15) is 5.75 Å². The molecule has 1 aliphatic heterocycles. The highest BCUT2D eigenvalue weighted by molar-refractivity contribution is 5.68. The molecule has 0 saturated carbocycles. The normalized spacial score (nSPS) is 18.1. The number of nitrogens with one attached hydrogen (secondary N) is 1. The summed E-state index contributed by atoms with van der Waals surface area (Å²) in [5.41, 5.74) is 5.44. The first kappa shape index (κ1) is 19.8. The number of aromatic amines is 1. The number of nitrogens with zero attached hydrogens (tertiary/aromatic N) is 3. The third kappa shape index (κ3) is 4.05. The fourth-order valence-electron chi connectivity index (χ4n) is 4.50. The summed E-state index contributed by atoms with van der Waals surface area (Å²) < 4.78 is 11.0. The third-order valence-corrected chi connectivity index (χ3v) is 6.12. The predicted molar refractivity (Wildman–Crippen MR) is 119 cm³/mol. The summed E-state index contributed by atoms with van der Waals surface area (Å²) in [7, 11) is 1.68. The molecular weight excluding hydrogens is 392 g/mol. The Kier molecular flexibility index (Phi) is 5.42. The molecule has 2 aromatic heterocycles. The molecule has 7 nitrogen and oxygen atoms in total. The van der Waals surface area contributed by atoms with Crippen LogP contribution in [0.5, 0.6) is 5.75 Å². The summed E-state index contributed by atoms with van der Waals surface area (Å²) in [6, 6.07) is 11.6. The van der Waals surface area contributed by atoms with E-state index in [1.807, 2.05) is 30.5 Å². The van der Waals surface area contributed by atoms with Crippen LogP contribution in [0.4, 0.5) is 5.95 Å². The molecule has 1 unspecified atom stereocenters. The Bertz CT molecular complexity index is 1120. The summed E-state index contributed by atoms with van der Waals surface area (Å²) in [5.74, 6) is 1.89. The molecule has 0 bridgehead atoms. The van der Waals surface area contributed by atoms with Gasteiger partial charge in [0.2, 0.25) is 11.5 Å². The van der Waals surface area contributed by atoms with E-state index in [2.05, 4.69) is 16.0 Å². The van der Waals surface area contributed by atoms with Crippen LogP contribution in [0.1, 0.15) is 29.2 Å². The summed E-state index contributed by atoms with van der Waals surface area (Å²) in [4.78, 5) is 26.5. The first-order valence-corrected chi connectivity index (χ1v) is 10.8. The van der Waals surface area contributed by atoms with E-state index >= 15 is 0 Å². The van der Waals surface area contributed by atoms with E-state index < -0.39 is 0 Å². The number of methoxy groups -OCH3 is 1. The molecule has 1 aliphatic carbocycles. The van der Waals surface area contributed by atoms with Gasteiger partial charge >= 0.3 is 0 Å². The molecule has 7 heteroatoms. The van der Waals surface area contributed by atoms with Gasteiger partial charge in [0, 0.05) is 42.4 Å². The quantitative estimate of drug-likeness (QED) is 0.686. The van der Waals surface area contributed by atoms with Crippen LogP contribution >= 0.6 is 0 Å². The summed E-state index contributed by atoms with van der Waals surface area (Å²) in [6.45, 7) is 2.97. The van der Waals surface area contributed by atoms with Gasteiger partial charge in [0.05, 0.1) is 31.7 Å². The van der Waals surface area contributed by atoms with Crippen molar-refractivity contribution in [2.24, 2.45) is 0 Å². The Hall–Kier alpha value is -3.19. The number of ether oxygens (including phenoxy) is 2. The van der Waals surface area contributed by atoms with E-state index in [1.54, 1.807) is 13.2 Å². The molecule has 31 heavy (non-hydrogen) atoms. The zero-order valence-electron chi connectivity index (χ0n) is 17.6. The van der Waals surface area contributed by atoms with Crippen LogP contribution in [0.2, 0.25) is 0 Å². The Labute approximate surface area is 181 Å². The van der Waals surface area contributed by atoms with Gasteiger partial charge in [-0.25, -0.2) is 9.97 Å². The maximum atomic E-state index is 11.4. The van der Waals surface area contributed by atoms with E-state index in [-0.39, 0.29) is 5.56 Å². The number of hydrogen-bond donors (Lipinski definition) is 1. The average Bonchev–Trinajstić information content (AvgIpc) is 3.23. The van der Waals surface area contributed by atoms with Gasteiger partial charge in [0.15, 0.2) is 0 Å². The van der Waals surface area contributed by atoms with Gasteiger partial charge in [-0.1, -0.05) is 18.2 Å². The van der Waals surface area contributed by atoms with E-state index in [1.165, 1.54) is 5.56 Å². The molecular formula is C24H26N4O3. The lowest BCUT2D eigenvalue weighted by Crippen LogP contribution is -2.37. The zero-order chi connectivity index (χ0) is 21.2. The molecule has 3 aromatic rings. The number of fused-ring (bicyclic) bond motifs is 1. The van der Waals surface area contributed by atoms with E-state index in [0.717, 1.165) is 66.6 Å². The summed E-state index contributed by atoms with van der Waals surface area (Å²) in [6.07, 6.45) is 4.63. The molecule has 0 spiro atoms. The van der Waals surface area contributed by atoms with E-state index in [9.17, 15) is 4.79 Å². The van der Waals surface area contributed by atoms with Crippen LogP contribution in [0.15, 0.2) is 47.4 Å². The minimum Gasteiger partial charge on any atom is -0.497 e. The zero-order valence-corrected chi connectivity index (χ0v) is 17.6. The SMILES string of the molecule is COc1cccc(-c2nc(N3CCOCC3)nc3c2CCC3Cc2ccc(=O)[nH]c2)c1. The summed E-state index contributed by atoms with van der Waals surface area (Å²) in [5, 5.41) is 0. The van der Waals surface area contributed by atoms with Crippen molar-refractivity contribution in [3.8, 4) is 17.0 Å². The van der Waals surface area contributed by atoms with Crippen LogP contribution in [-0.2, 0) is 17.6 Å². The molecule has 2 aliphatic rings. The van der Waals surface area contributed by atoms with Gasteiger partial charge in [-0.3, -0.25) is 4.79 Å². The molecule has 0 radical (unpaired) electrons. The number of hydrogen-bond acceptors (Lipinski definition) is 6. The second-order valence-electron chi connectivity index (χ2n) is 8.07. The smallest absolute Gasteiger partial charge is 0.247 e. The fourth-order valence-corrected chi connectivity index (χ4v) is 4.50. The topological polar surface area (TPSA) is 80.3 Å². The highest BCUT2D eigenvalue weighted by Crippen LogP contribution is 2.40. The standard InChI is InChI=1S/C24H26N4O3/c1-30-19-4-2-3-17(14-19)22-20-7-6-18(13-16-5-8-21(29)25-15-16)23(20)27-24(26-22)28-9-11-31-12-10-28/h2-5,8,14-15,18H,6-7,9-13H2,1H3,(H,25,29). The molecule has 1 atom stereocenters. The molecule has 5 rings (SSSR count). The fraction of sp³-hybridized carbons (Fsp3) is 0.375. The van der Waals surface area contributed by atoms with Crippen molar-refractivity contribution in [2.45, 2.75) is 25.2 Å². The first-order valence-electron chi connectivity index (χ1n) is 10.8. The Morgan fingerprint density at radius 1 is 1.19 bits per heavy atom. The summed E-state index contributed by atoms with van der Waals surface area (Å²) >= 11 is 0. The van der Waals surface area contributed by atoms with Gasteiger partial charge in [-0.05, 0) is 37.0 Å². The van der Waals surface area contributed by atoms with Gasteiger partial charge in [0.25, 0.3) is 0 Å². The third-order valence-electron chi connectivity index (χ3n) is 6.12. The number of morpholine rings is 1. The van der Waals surface area contributed by atoms with E-state index in [0.29, 0.717) is 19.1 Å². The number of aromatic nitrogens is 3. The first-order chi connectivity index (χ1) is 15.2. The van der Waals surface area contributed by atoms with Crippen LogP contribution in [-0.4, -0.2) is 48.4 Å². The molecule has 1 N–H and O–H groups in total. The molecule has 1 aromatic carbocycles. The van der Waals surface area contributed by atoms with Crippen molar-refractivity contribution in [1.82, 2.24) is 15.0 Å². The van der Waals surface area contributed by atoms with Crippen molar-refractivity contribution >= 4 is 5.95 Å². The van der Waals surface area contributed by atoms with Gasteiger partial charge < -0.3 is 19.4 Å². The molecule has 0 amide bonds. The Morgan fingerprint density at radius 3 is 2.84 bits per heavy atom. The number of benzene rings is 1. The number of rotatable bonds is 5. The largest absolute Gasteiger partial charge is 0.497 e. The van der Waals surface area contributed by atoms with Crippen molar-refractivity contribution in [1.29, 1.82) is 0 Å². The predicted octanol–water partition coefficient (Wildman–Crippen LogP) is 2.95. The van der Waals surface area contributed by atoms with Crippen LogP contribution in [0, 0.1) is 0 Å². The lowest BCUT2D eigenvalue weighted by molar-refractivity contribution is 0.122. The van der Waals surface area contributed by atoms with Gasteiger partial charge in [-0.15, -0.1) is 0 Å². The number of pyridine rings is 1. The Morgan fingerprint density at radius 2 is 2.06 bits per heavy atom. The molecule has 3 heterocycles. The van der Waals surface area contributed by atoms with Crippen LogP contribution in [0.25, 0.3) is 11.3 Å². The van der Waals surface area contributed by atoms with Crippen molar-refractivity contribution < 1.29 is 9.47 Å². The number of H-pyrrole nitrogens is 1.